The second-order valence-electron chi connectivity index (χ2n) is 12.3. The molecule has 0 radical (unpaired) electrons. The summed E-state index contributed by atoms with van der Waals surface area (Å²) in [5.41, 5.74) is 4.98. The lowest BCUT2D eigenvalue weighted by molar-refractivity contribution is 0.355. The van der Waals surface area contributed by atoms with Crippen molar-refractivity contribution in [1.29, 1.82) is 0 Å². The first-order valence-corrected chi connectivity index (χ1v) is 20.1. The number of para-hydroxylation sites is 1. The number of nitrogens with zero attached hydrogens (tertiary/aromatic N) is 1. The molecule has 2 atom stereocenters. The molecule has 0 amide bonds. The molecule has 0 bridgehead atoms. The normalized spacial score (nSPS) is 17.1. The topological polar surface area (TPSA) is 46.6 Å². The number of hydrogen-bond donors (Lipinski definition) is 0. The minimum absolute atomic E-state index is 0.129. The molecule has 0 spiro atoms. The molecule has 1 fully saturated rings. The lowest BCUT2D eigenvalue weighted by Crippen LogP contribution is -2.41. The molecule has 1 saturated heterocycles. The average molecular weight is 666 g/mol. The van der Waals surface area contributed by atoms with E-state index >= 15 is 0 Å². The van der Waals surface area contributed by atoms with Crippen molar-refractivity contribution in [2.75, 3.05) is 12.7 Å². The van der Waals surface area contributed by atoms with Crippen molar-refractivity contribution in [3.05, 3.63) is 150 Å². The molecule has 0 aromatic heterocycles. The Hall–Kier alpha value is -3.33. The highest BCUT2D eigenvalue weighted by Gasteiger charge is 2.45. The quantitative estimate of drug-likeness (QED) is 0.148. The third kappa shape index (κ3) is 7.62. The summed E-state index contributed by atoms with van der Waals surface area (Å²) >= 11 is 0. The van der Waals surface area contributed by atoms with Gasteiger partial charge in [-0.05, 0) is 89.5 Å². The lowest BCUT2D eigenvalue weighted by atomic mass is 10.2. The fraction of sp³-hybridized carbons (Fsp3) is 0.231. The van der Waals surface area contributed by atoms with Gasteiger partial charge in [-0.2, -0.15) is 12.7 Å². The summed E-state index contributed by atoms with van der Waals surface area (Å²) < 4.78 is 36.0. The predicted octanol–water partition coefficient (Wildman–Crippen LogP) is 7.25. The molecule has 0 aliphatic carbocycles. The van der Waals surface area contributed by atoms with Crippen molar-refractivity contribution in [3.63, 3.8) is 0 Å². The molecular formula is C39H41NO3P2S. The van der Waals surface area contributed by atoms with Gasteiger partial charge < -0.3 is 4.18 Å². The van der Waals surface area contributed by atoms with E-state index in [4.69, 9.17) is 4.18 Å². The molecule has 1 heterocycles. The molecule has 7 heteroatoms. The zero-order chi connectivity index (χ0) is 32.3. The lowest BCUT2D eigenvalue weighted by Gasteiger charge is -2.28. The fourth-order valence-electron chi connectivity index (χ4n) is 6.42. The Kier molecular flexibility index (Phi) is 10.1. The Morgan fingerprint density at radius 2 is 1.09 bits per heavy atom. The molecule has 1 aliphatic heterocycles. The summed E-state index contributed by atoms with van der Waals surface area (Å²) in [6.45, 7) is 8.93. The van der Waals surface area contributed by atoms with E-state index in [2.05, 4.69) is 125 Å². The molecule has 0 saturated carbocycles. The Balaban J connectivity index is 1.44. The van der Waals surface area contributed by atoms with Crippen LogP contribution in [-0.2, 0) is 10.3 Å². The Bertz CT molecular complexity index is 1820. The monoisotopic (exact) mass is 665 g/mol. The standard InChI is InChI=1S/C39H41NO3P2S/c1-29-12-8-18-35(22-29)44(36-19-9-13-30(2)23-36)28-33-26-39(27-40(33)46(41,42)43-34-16-6-5-7-17-34)45(37-20-10-14-31(3)24-37)38-21-11-15-32(4)25-38/h5-25,33,39H,26-28H2,1-4H3. The fourth-order valence-corrected chi connectivity index (χ4v) is 13.8. The third-order valence-electron chi connectivity index (χ3n) is 8.52. The second kappa shape index (κ2) is 14.2. The van der Waals surface area contributed by atoms with Crippen molar-refractivity contribution in [2.24, 2.45) is 0 Å². The van der Waals surface area contributed by atoms with E-state index in [-0.39, 0.29) is 11.7 Å². The van der Waals surface area contributed by atoms with Gasteiger partial charge >= 0.3 is 10.3 Å². The van der Waals surface area contributed by atoms with Gasteiger partial charge in [-0.3, -0.25) is 0 Å². The summed E-state index contributed by atoms with van der Waals surface area (Å²) in [6.07, 6.45) is 1.49. The van der Waals surface area contributed by atoms with Gasteiger partial charge in [-0.15, -0.1) is 0 Å². The SMILES string of the molecule is Cc1cccc(P(CC2CC(P(c3cccc(C)c3)c3cccc(C)c3)CN2S(=O)(=O)Oc2ccccc2)c2cccc(C)c2)c1. The predicted molar refractivity (Wildman–Crippen MR) is 197 cm³/mol. The van der Waals surface area contributed by atoms with Crippen LogP contribution in [0.15, 0.2) is 127 Å². The molecule has 2 unspecified atom stereocenters. The highest BCUT2D eigenvalue weighted by molar-refractivity contribution is 7.84. The van der Waals surface area contributed by atoms with Crippen LogP contribution in [0.4, 0.5) is 0 Å². The maximum Gasteiger partial charge on any atom is 0.385 e. The summed E-state index contributed by atoms with van der Waals surface area (Å²) in [6, 6.07) is 43.6. The molecule has 5 aromatic carbocycles. The highest BCUT2D eigenvalue weighted by Crippen LogP contribution is 2.49. The van der Waals surface area contributed by atoms with Gasteiger partial charge in [-0.1, -0.05) is 138 Å². The molecule has 5 aromatic rings. The Labute approximate surface area is 277 Å². The molecule has 4 nitrogen and oxygen atoms in total. The van der Waals surface area contributed by atoms with Crippen LogP contribution in [0.1, 0.15) is 28.7 Å². The minimum atomic E-state index is -4.08. The first-order valence-electron chi connectivity index (χ1n) is 15.8. The maximum absolute atomic E-state index is 14.2. The van der Waals surface area contributed by atoms with E-state index in [1.54, 1.807) is 28.6 Å². The van der Waals surface area contributed by atoms with Crippen LogP contribution in [0, 0.1) is 27.7 Å². The van der Waals surface area contributed by atoms with Crippen molar-refractivity contribution in [3.8, 4) is 5.75 Å². The van der Waals surface area contributed by atoms with Crippen LogP contribution in [-0.4, -0.2) is 37.1 Å². The third-order valence-corrected chi connectivity index (χ3v) is 15.3. The van der Waals surface area contributed by atoms with Crippen LogP contribution in [0.3, 0.4) is 0 Å². The van der Waals surface area contributed by atoms with Crippen molar-refractivity contribution in [2.45, 2.75) is 45.8 Å². The van der Waals surface area contributed by atoms with Gasteiger partial charge in [-0.25, -0.2) is 0 Å². The summed E-state index contributed by atoms with van der Waals surface area (Å²) in [5, 5.41) is 5.11. The van der Waals surface area contributed by atoms with Gasteiger partial charge in [0.05, 0.1) is 0 Å². The molecule has 0 N–H and O–H groups in total. The van der Waals surface area contributed by atoms with Crippen LogP contribution in [0.5, 0.6) is 5.75 Å². The maximum atomic E-state index is 14.2. The van der Waals surface area contributed by atoms with Gasteiger partial charge in [0.25, 0.3) is 0 Å². The van der Waals surface area contributed by atoms with Crippen LogP contribution in [0.25, 0.3) is 0 Å². The van der Waals surface area contributed by atoms with Crippen LogP contribution >= 0.6 is 15.8 Å². The van der Waals surface area contributed by atoms with Crippen molar-refractivity contribution < 1.29 is 12.6 Å². The van der Waals surface area contributed by atoms with Gasteiger partial charge in [0.2, 0.25) is 0 Å². The zero-order valence-electron chi connectivity index (χ0n) is 26.9. The van der Waals surface area contributed by atoms with E-state index in [1.165, 1.54) is 43.5 Å². The van der Waals surface area contributed by atoms with E-state index in [9.17, 15) is 8.42 Å². The number of hydrogen-bond acceptors (Lipinski definition) is 3. The summed E-state index contributed by atoms with van der Waals surface area (Å²) in [7, 11) is -5.76. The van der Waals surface area contributed by atoms with E-state index in [1.807, 2.05) is 6.07 Å². The number of benzene rings is 5. The average Bonchev–Trinajstić information content (AvgIpc) is 3.45. The highest BCUT2D eigenvalue weighted by atomic mass is 32.2. The summed E-state index contributed by atoms with van der Waals surface area (Å²) in [4.78, 5) is 0. The molecule has 6 rings (SSSR count). The minimum Gasteiger partial charge on any atom is -0.371 e. The largest absolute Gasteiger partial charge is 0.385 e. The van der Waals surface area contributed by atoms with Crippen molar-refractivity contribution in [1.82, 2.24) is 4.31 Å². The number of aryl methyl sites for hydroxylation is 4. The van der Waals surface area contributed by atoms with Gasteiger partial charge in [0, 0.05) is 18.2 Å². The second-order valence-corrected chi connectivity index (χ2v) is 18.6. The molecule has 236 valence electrons. The first kappa shape index (κ1) is 32.6. The van der Waals surface area contributed by atoms with Gasteiger partial charge in [0.15, 0.2) is 0 Å². The Morgan fingerprint density at radius 1 is 0.630 bits per heavy atom. The van der Waals surface area contributed by atoms with Crippen LogP contribution < -0.4 is 25.4 Å². The molecular weight excluding hydrogens is 624 g/mol. The molecule has 1 aliphatic rings. The van der Waals surface area contributed by atoms with Crippen LogP contribution in [0.2, 0.25) is 0 Å². The van der Waals surface area contributed by atoms with E-state index in [0.29, 0.717) is 12.3 Å². The van der Waals surface area contributed by atoms with E-state index in [0.717, 1.165) is 12.6 Å². The Morgan fingerprint density at radius 3 is 1.57 bits per heavy atom. The van der Waals surface area contributed by atoms with Crippen molar-refractivity contribution >= 4 is 47.4 Å². The van der Waals surface area contributed by atoms with E-state index < -0.39 is 26.1 Å². The first-order chi connectivity index (χ1) is 22.2. The van der Waals surface area contributed by atoms with Gasteiger partial charge in [0.1, 0.15) is 5.75 Å². The summed E-state index contributed by atoms with van der Waals surface area (Å²) in [5.74, 6) is 0.337. The smallest absolute Gasteiger partial charge is 0.371 e. The zero-order valence-corrected chi connectivity index (χ0v) is 29.5. The molecule has 46 heavy (non-hydrogen) atoms. The number of rotatable bonds is 10.